The molecule has 0 radical (unpaired) electrons. The van der Waals surface area contributed by atoms with Crippen LogP contribution < -0.4 is 4.18 Å². The number of alkyl halides is 3. The van der Waals surface area contributed by atoms with Crippen molar-refractivity contribution in [2.75, 3.05) is 0 Å². The van der Waals surface area contributed by atoms with Crippen molar-refractivity contribution < 1.29 is 25.8 Å². The number of fused-ring (bicyclic) bond motifs is 3. The van der Waals surface area contributed by atoms with Crippen LogP contribution >= 0.6 is 0 Å². The zero-order chi connectivity index (χ0) is 21.5. The van der Waals surface area contributed by atoms with Crippen molar-refractivity contribution in [3.8, 4) is 22.6 Å². The first-order chi connectivity index (χ1) is 14.2. The summed E-state index contributed by atoms with van der Waals surface area (Å²) in [6, 6.07) is 12.3. The Morgan fingerprint density at radius 3 is 2.47 bits per heavy atom. The van der Waals surface area contributed by atoms with Gasteiger partial charge in [-0.25, -0.2) is 4.68 Å². The molecule has 1 aliphatic carbocycles. The van der Waals surface area contributed by atoms with Crippen molar-refractivity contribution in [3.63, 3.8) is 0 Å². The number of hydrogen-bond acceptors (Lipinski definition) is 4. The van der Waals surface area contributed by atoms with Crippen LogP contribution in [0, 0.1) is 0 Å². The van der Waals surface area contributed by atoms with E-state index in [0.717, 1.165) is 40.9 Å². The van der Waals surface area contributed by atoms with Crippen LogP contribution in [0.1, 0.15) is 30.2 Å². The van der Waals surface area contributed by atoms with Gasteiger partial charge in [0.15, 0.2) is 0 Å². The monoisotopic (exact) mass is 436 g/mol. The molecule has 3 aromatic rings. The van der Waals surface area contributed by atoms with Gasteiger partial charge >= 0.3 is 15.6 Å². The van der Waals surface area contributed by atoms with Gasteiger partial charge in [0.05, 0.1) is 17.6 Å². The maximum Gasteiger partial charge on any atom is 0.534 e. The molecule has 0 saturated heterocycles. The van der Waals surface area contributed by atoms with Gasteiger partial charge in [-0.2, -0.15) is 26.7 Å². The SMILES string of the molecule is CCCc1ccc(-n2ncc3c2CCc2cc(OS(=O)(=O)C(F)(F)F)ccc2-3)cc1. The maximum atomic E-state index is 12.6. The molecule has 0 aliphatic heterocycles. The quantitative estimate of drug-likeness (QED) is 0.425. The van der Waals surface area contributed by atoms with E-state index in [1.807, 2.05) is 16.8 Å². The predicted octanol–water partition coefficient (Wildman–Crippen LogP) is 4.82. The number of aryl methyl sites for hydroxylation is 2. The van der Waals surface area contributed by atoms with E-state index in [0.29, 0.717) is 12.8 Å². The maximum absolute atomic E-state index is 12.6. The van der Waals surface area contributed by atoms with Gasteiger partial charge in [0.2, 0.25) is 0 Å². The van der Waals surface area contributed by atoms with E-state index < -0.39 is 15.6 Å². The lowest BCUT2D eigenvalue weighted by Crippen LogP contribution is -2.28. The number of aromatic nitrogens is 2. The van der Waals surface area contributed by atoms with Gasteiger partial charge in [-0.3, -0.25) is 0 Å². The molecule has 0 unspecified atom stereocenters. The van der Waals surface area contributed by atoms with Gasteiger partial charge in [-0.15, -0.1) is 0 Å². The molecule has 0 atom stereocenters. The molecule has 0 amide bonds. The lowest BCUT2D eigenvalue weighted by atomic mass is 9.89. The molecule has 0 bridgehead atoms. The first kappa shape index (κ1) is 20.5. The molecular formula is C21H19F3N2O3S. The van der Waals surface area contributed by atoms with E-state index in [-0.39, 0.29) is 5.75 Å². The van der Waals surface area contributed by atoms with Crippen molar-refractivity contribution in [1.82, 2.24) is 9.78 Å². The normalized spacial score (nSPS) is 13.6. The summed E-state index contributed by atoms with van der Waals surface area (Å²) in [5, 5.41) is 4.50. The minimum Gasteiger partial charge on any atom is -0.376 e. The van der Waals surface area contributed by atoms with Gasteiger partial charge < -0.3 is 4.18 Å². The lowest BCUT2D eigenvalue weighted by molar-refractivity contribution is -0.0500. The third-order valence-corrected chi connectivity index (χ3v) is 6.05. The second kappa shape index (κ2) is 7.46. The molecule has 1 aliphatic rings. The van der Waals surface area contributed by atoms with Gasteiger partial charge in [0.25, 0.3) is 0 Å². The lowest BCUT2D eigenvalue weighted by Gasteiger charge is -2.19. The third-order valence-electron chi connectivity index (χ3n) is 5.08. The topological polar surface area (TPSA) is 61.2 Å². The Labute approximate surface area is 172 Å². The highest BCUT2D eigenvalue weighted by molar-refractivity contribution is 7.88. The van der Waals surface area contributed by atoms with Crippen LogP contribution in [0.5, 0.6) is 5.75 Å². The van der Waals surface area contributed by atoms with Gasteiger partial charge in [-0.1, -0.05) is 31.5 Å². The summed E-state index contributed by atoms with van der Waals surface area (Å²) in [6.07, 6.45) is 4.96. The average Bonchev–Trinajstić information content (AvgIpc) is 3.12. The number of benzene rings is 2. The van der Waals surface area contributed by atoms with Crippen LogP contribution in [0.2, 0.25) is 0 Å². The molecule has 2 aromatic carbocycles. The average molecular weight is 436 g/mol. The van der Waals surface area contributed by atoms with Gasteiger partial charge in [-0.05, 0) is 60.2 Å². The predicted molar refractivity (Wildman–Crippen MR) is 106 cm³/mol. The summed E-state index contributed by atoms with van der Waals surface area (Å²) in [7, 11) is -5.69. The number of hydrogen-bond donors (Lipinski definition) is 0. The summed E-state index contributed by atoms with van der Waals surface area (Å²) in [6.45, 7) is 2.13. The van der Waals surface area contributed by atoms with Crippen LogP contribution in [0.15, 0.2) is 48.7 Å². The smallest absolute Gasteiger partial charge is 0.376 e. The van der Waals surface area contributed by atoms with E-state index in [2.05, 4.69) is 28.3 Å². The minimum atomic E-state index is -5.69. The zero-order valence-corrected chi connectivity index (χ0v) is 16.9. The summed E-state index contributed by atoms with van der Waals surface area (Å²) in [5.74, 6) is -0.353. The molecule has 1 heterocycles. The first-order valence-electron chi connectivity index (χ1n) is 9.50. The molecule has 4 rings (SSSR count). The zero-order valence-electron chi connectivity index (χ0n) is 16.1. The molecule has 158 valence electrons. The van der Waals surface area contributed by atoms with Crippen LogP contribution in [-0.4, -0.2) is 23.7 Å². The van der Waals surface area contributed by atoms with E-state index in [9.17, 15) is 21.6 Å². The van der Waals surface area contributed by atoms with Crippen LogP contribution in [0.4, 0.5) is 13.2 Å². The fourth-order valence-electron chi connectivity index (χ4n) is 3.67. The van der Waals surface area contributed by atoms with Crippen molar-refractivity contribution >= 4 is 10.1 Å². The molecule has 0 spiro atoms. The van der Waals surface area contributed by atoms with Crippen molar-refractivity contribution in [2.45, 2.75) is 38.1 Å². The van der Waals surface area contributed by atoms with Crippen molar-refractivity contribution in [2.24, 2.45) is 0 Å². The number of rotatable bonds is 5. The summed E-state index contributed by atoms with van der Waals surface area (Å²) >= 11 is 0. The fourth-order valence-corrected chi connectivity index (χ4v) is 4.12. The van der Waals surface area contributed by atoms with Gasteiger partial charge in [0, 0.05) is 5.56 Å². The Morgan fingerprint density at radius 2 is 1.80 bits per heavy atom. The Balaban J connectivity index is 1.64. The molecule has 0 N–H and O–H groups in total. The molecular weight excluding hydrogens is 417 g/mol. The van der Waals surface area contributed by atoms with E-state index in [4.69, 9.17) is 0 Å². The second-order valence-corrected chi connectivity index (χ2v) is 8.67. The largest absolute Gasteiger partial charge is 0.534 e. The van der Waals surface area contributed by atoms with E-state index in [1.165, 1.54) is 17.7 Å². The molecule has 0 fully saturated rings. The standard InChI is InChI=1S/C21H19F3N2O3S/c1-2-3-14-4-7-16(8-5-14)26-20-11-6-15-12-17(29-30(27,28)21(22,23)24)9-10-18(15)19(20)13-25-26/h4-5,7-10,12-13H,2-3,6,11H2,1H3. The summed E-state index contributed by atoms with van der Waals surface area (Å²) in [4.78, 5) is 0. The van der Waals surface area contributed by atoms with Crippen LogP contribution in [0.3, 0.4) is 0 Å². The van der Waals surface area contributed by atoms with Crippen LogP contribution in [-0.2, 0) is 29.4 Å². The first-order valence-corrected chi connectivity index (χ1v) is 10.9. The Hall–Kier alpha value is -2.81. The van der Waals surface area contributed by atoms with Crippen molar-refractivity contribution in [3.05, 3.63) is 65.5 Å². The van der Waals surface area contributed by atoms with E-state index in [1.54, 1.807) is 12.3 Å². The van der Waals surface area contributed by atoms with Crippen molar-refractivity contribution in [1.29, 1.82) is 0 Å². The molecule has 5 nitrogen and oxygen atoms in total. The molecule has 9 heteroatoms. The minimum absolute atomic E-state index is 0.353. The molecule has 0 saturated carbocycles. The Kier molecular flexibility index (Phi) is 5.09. The number of nitrogens with zero attached hydrogens (tertiary/aromatic N) is 2. The molecule has 30 heavy (non-hydrogen) atoms. The highest BCUT2D eigenvalue weighted by Gasteiger charge is 2.48. The highest BCUT2D eigenvalue weighted by Crippen LogP contribution is 2.37. The fraction of sp³-hybridized carbons (Fsp3) is 0.286. The third kappa shape index (κ3) is 3.69. The second-order valence-electron chi connectivity index (χ2n) is 7.14. The molecule has 1 aromatic heterocycles. The highest BCUT2D eigenvalue weighted by atomic mass is 32.2. The van der Waals surface area contributed by atoms with Gasteiger partial charge in [0.1, 0.15) is 5.75 Å². The van der Waals surface area contributed by atoms with Crippen LogP contribution in [0.25, 0.3) is 16.8 Å². The Morgan fingerprint density at radius 1 is 1.07 bits per heavy atom. The number of halogens is 3. The van der Waals surface area contributed by atoms with E-state index >= 15 is 0 Å². The summed E-state index contributed by atoms with van der Waals surface area (Å²) < 4.78 is 66.3. The Bertz CT molecular complexity index is 1180. The summed E-state index contributed by atoms with van der Waals surface area (Å²) in [5.41, 5.74) is 0.132.